The highest BCUT2D eigenvalue weighted by Crippen LogP contribution is 2.39. The average molecular weight is 473 g/mol. The number of carbonyl (C=O) groups is 4. The number of esters is 1. The summed E-state index contributed by atoms with van der Waals surface area (Å²) in [4.78, 5) is 55.7. The van der Waals surface area contributed by atoms with Gasteiger partial charge in [0.05, 0.1) is 19.7 Å². The summed E-state index contributed by atoms with van der Waals surface area (Å²) >= 11 is 0. The third-order valence-electron chi connectivity index (χ3n) is 6.56. The van der Waals surface area contributed by atoms with E-state index in [1.165, 1.54) is 0 Å². The van der Waals surface area contributed by atoms with Gasteiger partial charge < -0.3 is 24.8 Å². The molecule has 0 aromatic heterocycles. The van der Waals surface area contributed by atoms with E-state index in [4.69, 9.17) is 4.74 Å². The molecule has 2 fully saturated rings. The van der Waals surface area contributed by atoms with E-state index < -0.39 is 5.54 Å². The van der Waals surface area contributed by atoms with Crippen molar-refractivity contribution in [3.8, 4) is 0 Å². The van der Waals surface area contributed by atoms with Gasteiger partial charge in [0.25, 0.3) is 5.91 Å². The summed E-state index contributed by atoms with van der Waals surface area (Å²) in [6, 6.07) is 9.73. The lowest BCUT2D eigenvalue weighted by Gasteiger charge is -2.43. The Hall–Kier alpha value is -3.10. The lowest BCUT2D eigenvalue weighted by molar-refractivity contribution is -0.146. The van der Waals surface area contributed by atoms with Crippen molar-refractivity contribution in [1.82, 2.24) is 15.1 Å². The lowest BCUT2D eigenvalue weighted by atomic mass is 9.85. The number of hydrogen-bond donors (Lipinski definition) is 1. The second-order valence-electron chi connectivity index (χ2n) is 8.83. The first kappa shape index (κ1) is 25.5. The number of piperidine rings is 1. The molecule has 0 saturated carbocycles. The molecule has 0 radical (unpaired) electrons. The normalized spacial score (nSPS) is 17.2. The van der Waals surface area contributed by atoms with Gasteiger partial charge in [-0.2, -0.15) is 0 Å². The minimum absolute atomic E-state index is 0.0236. The first-order valence-electron chi connectivity index (χ1n) is 12.2. The molecule has 1 aromatic carbocycles. The fraction of sp³-hybridized carbons (Fsp3) is 0.600. The van der Waals surface area contributed by atoms with Gasteiger partial charge in [-0.3, -0.25) is 19.2 Å². The van der Waals surface area contributed by atoms with Crippen molar-refractivity contribution in [1.29, 1.82) is 0 Å². The topological polar surface area (TPSA) is 99.3 Å². The van der Waals surface area contributed by atoms with E-state index in [1.807, 2.05) is 30.3 Å². The fourth-order valence-electron chi connectivity index (χ4n) is 4.68. The molecule has 34 heavy (non-hydrogen) atoms. The number of rotatable bonds is 10. The number of para-hydroxylation sites is 1. The van der Waals surface area contributed by atoms with Crippen LogP contribution in [-0.2, 0) is 23.9 Å². The van der Waals surface area contributed by atoms with Gasteiger partial charge in [0.15, 0.2) is 0 Å². The molecule has 3 amide bonds. The van der Waals surface area contributed by atoms with Crippen LogP contribution >= 0.6 is 0 Å². The van der Waals surface area contributed by atoms with Crippen LogP contribution in [0.4, 0.5) is 5.69 Å². The standard InChI is InChI=1S/C25H36N4O5/c1-3-5-15-26-21(30)18-28-19-29(20-9-7-6-8-10-20)25(24(28)33)13-16-27(17-14-25)22(31)11-12-23(32)34-4-2/h6-10H,3-5,11-19H2,1-2H3,(H,26,30). The second kappa shape index (κ2) is 11.9. The van der Waals surface area contributed by atoms with Crippen LogP contribution in [0.1, 0.15) is 52.4 Å². The Morgan fingerprint density at radius 1 is 1.06 bits per heavy atom. The van der Waals surface area contributed by atoms with Crippen molar-refractivity contribution in [2.24, 2.45) is 0 Å². The van der Waals surface area contributed by atoms with Crippen molar-refractivity contribution in [2.45, 2.75) is 57.9 Å². The minimum atomic E-state index is -0.789. The maximum atomic E-state index is 13.6. The zero-order valence-electron chi connectivity index (χ0n) is 20.3. The molecular weight excluding hydrogens is 436 g/mol. The fourth-order valence-corrected chi connectivity index (χ4v) is 4.68. The van der Waals surface area contributed by atoms with Gasteiger partial charge in [-0.25, -0.2) is 0 Å². The third-order valence-corrected chi connectivity index (χ3v) is 6.56. The van der Waals surface area contributed by atoms with E-state index in [0.29, 0.717) is 45.8 Å². The van der Waals surface area contributed by atoms with Crippen LogP contribution in [-0.4, -0.2) is 78.5 Å². The van der Waals surface area contributed by atoms with Crippen molar-refractivity contribution in [3.63, 3.8) is 0 Å². The minimum Gasteiger partial charge on any atom is -0.466 e. The number of amides is 3. The first-order chi connectivity index (χ1) is 16.4. The average Bonchev–Trinajstić information content (AvgIpc) is 3.10. The Bertz CT molecular complexity index is 867. The van der Waals surface area contributed by atoms with Crippen LogP contribution in [0.25, 0.3) is 0 Å². The van der Waals surface area contributed by atoms with Gasteiger partial charge >= 0.3 is 5.97 Å². The number of benzene rings is 1. The molecule has 0 bridgehead atoms. The van der Waals surface area contributed by atoms with Crippen LogP contribution in [0.2, 0.25) is 0 Å². The zero-order chi connectivity index (χ0) is 24.6. The number of nitrogens with zero attached hydrogens (tertiary/aromatic N) is 3. The maximum absolute atomic E-state index is 13.6. The molecule has 0 aliphatic carbocycles. The first-order valence-corrected chi connectivity index (χ1v) is 12.2. The number of ether oxygens (including phenoxy) is 1. The van der Waals surface area contributed by atoms with Gasteiger partial charge in [0, 0.05) is 31.7 Å². The van der Waals surface area contributed by atoms with Crippen LogP contribution in [0.3, 0.4) is 0 Å². The molecule has 2 saturated heterocycles. The molecule has 9 heteroatoms. The molecule has 9 nitrogen and oxygen atoms in total. The maximum Gasteiger partial charge on any atom is 0.306 e. The number of hydrogen-bond acceptors (Lipinski definition) is 6. The van der Waals surface area contributed by atoms with E-state index in [-0.39, 0.29) is 43.1 Å². The van der Waals surface area contributed by atoms with E-state index in [2.05, 4.69) is 17.1 Å². The number of likely N-dealkylation sites (tertiary alicyclic amines) is 1. The molecular formula is C25H36N4O5. The Labute approximate surface area is 201 Å². The number of carbonyl (C=O) groups excluding carboxylic acids is 4. The summed E-state index contributed by atoms with van der Waals surface area (Å²) in [6.45, 7) is 5.90. The Balaban J connectivity index is 1.69. The van der Waals surface area contributed by atoms with E-state index in [1.54, 1.807) is 16.7 Å². The summed E-state index contributed by atoms with van der Waals surface area (Å²) in [5.74, 6) is -0.704. The van der Waals surface area contributed by atoms with Crippen molar-refractivity contribution in [2.75, 3.05) is 44.4 Å². The Morgan fingerprint density at radius 2 is 1.76 bits per heavy atom. The molecule has 2 heterocycles. The molecule has 186 valence electrons. The lowest BCUT2D eigenvalue weighted by Crippen LogP contribution is -2.57. The van der Waals surface area contributed by atoms with Crippen LogP contribution < -0.4 is 10.2 Å². The number of anilines is 1. The Morgan fingerprint density at radius 3 is 2.41 bits per heavy atom. The monoisotopic (exact) mass is 472 g/mol. The van der Waals surface area contributed by atoms with Gasteiger partial charge in [-0.1, -0.05) is 31.5 Å². The van der Waals surface area contributed by atoms with Gasteiger partial charge in [-0.05, 0) is 38.3 Å². The van der Waals surface area contributed by atoms with E-state index >= 15 is 0 Å². The molecule has 1 N–H and O–H groups in total. The molecule has 1 spiro atoms. The summed E-state index contributed by atoms with van der Waals surface area (Å²) in [6.07, 6.45) is 3.00. The molecule has 0 unspecified atom stereocenters. The molecule has 2 aliphatic rings. The number of unbranched alkanes of at least 4 members (excludes halogenated alkanes) is 1. The third kappa shape index (κ3) is 5.87. The smallest absolute Gasteiger partial charge is 0.306 e. The highest BCUT2D eigenvalue weighted by Gasteiger charge is 2.54. The molecule has 1 aromatic rings. The molecule has 0 atom stereocenters. The predicted octanol–water partition coefficient (Wildman–Crippen LogP) is 1.91. The summed E-state index contributed by atoms with van der Waals surface area (Å²) < 4.78 is 4.91. The molecule has 2 aliphatic heterocycles. The van der Waals surface area contributed by atoms with Crippen molar-refractivity contribution >= 4 is 29.4 Å². The Kier molecular flexibility index (Phi) is 8.90. The predicted molar refractivity (Wildman–Crippen MR) is 128 cm³/mol. The highest BCUT2D eigenvalue weighted by molar-refractivity contribution is 5.96. The number of nitrogens with one attached hydrogen (secondary N) is 1. The quantitative estimate of drug-likeness (QED) is 0.413. The van der Waals surface area contributed by atoms with E-state index in [9.17, 15) is 19.2 Å². The molecule has 3 rings (SSSR count). The van der Waals surface area contributed by atoms with Gasteiger partial charge in [0.1, 0.15) is 12.1 Å². The van der Waals surface area contributed by atoms with Crippen molar-refractivity contribution in [3.05, 3.63) is 30.3 Å². The summed E-state index contributed by atoms with van der Waals surface area (Å²) in [5.41, 5.74) is 0.134. The largest absolute Gasteiger partial charge is 0.466 e. The van der Waals surface area contributed by atoms with Crippen LogP contribution in [0.5, 0.6) is 0 Å². The highest BCUT2D eigenvalue weighted by atomic mass is 16.5. The summed E-state index contributed by atoms with van der Waals surface area (Å²) in [5, 5.41) is 2.89. The SMILES string of the molecule is CCCCNC(=O)CN1CN(c2ccccc2)C2(CCN(C(=O)CCC(=O)OCC)CC2)C1=O. The zero-order valence-corrected chi connectivity index (χ0v) is 20.3. The summed E-state index contributed by atoms with van der Waals surface area (Å²) in [7, 11) is 0. The van der Waals surface area contributed by atoms with Crippen LogP contribution in [0, 0.1) is 0 Å². The van der Waals surface area contributed by atoms with Gasteiger partial charge in [0.2, 0.25) is 11.8 Å². The van der Waals surface area contributed by atoms with Crippen molar-refractivity contribution < 1.29 is 23.9 Å². The van der Waals surface area contributed by atoms with E-state index in [0.717, 1.165) is 18.5 Å². The van der Waals surface area contributed by atoms with Gasteiger partial charge in [-0.15, -0.1) is 0 Å². The van der Waals surface area contributed by atoms with Crippen LogP contribution in [0.15, 0.2) is 30.3 Å². The second-order valence-corrected chi connectivity index (χ2v) is 8.83.